The fourth-order valence-corrected chi connectivity index (χ4v) is 4.28. The number of carbonyl (C=O) groups is 3. The van der Waals surface area contributed by atoms with Gasteiger partial charge in [0.15, 0.2) is 23.6 Å². The average molecular weight is 493 g/mol. The molecule has 1 unspecified atom stereocenters. The second kappa shape index (κ2) is 11.1. The van der Waals surface area contributed by atoms with Crippen LogP contribution in [0.2, 0.25) is 0 Å². The van der Waals surface area contributed by atoms with Crippen LogP contribution in [0.1, 0.15) is 13.3 Å². The molecule has 14 heteroatoms. The van der Waals surface area contributed by atoms with Crippen molar-refractivity contribution in [2.75, 3.05) is 18.4 Å². The molecule has 0 aliphatic heterocycles. The summed E-state index contributed by atoms with van der Waals surface area (Å²) in [6, 6.07) is 4.39. The zero-order chi connectivity index (χ0) is 23.9. The van der Waals surface area contributed by atoms with E-state index in [4.69, 9.17) is 4.74 Å². The van der Waals surface area contributed by atoms with Gasteiger partial charge in [0, 0.05) is 6.54 Å². The summed E-state index contributed by atoms with van der Waals surface area (Å²) >= 11 is 1.01. The minimum atomic E-state index is -3.74. The van der Waals surface area contributed by atoms with E-state index in [-0.39, 0.29) is 17.2 Å². The number of hydrogen-bond acceptors (Lipinski definition) is 7. The number of halogens is 3. The van der Waals surface area contributed by atoms with Crippen molar-refractivity contribution in [3.05, 3.63) is 47.1 Å². The number of nitrogens with one attached hydrogen (secondary N) is 3. The van der Waals surface area contributed by atoms with Gasteiger partial charge in [-0.2, -0.15) is 0 Å². The molecule has 2 amide bonds. The van der Waals surface area contributed by atoms with Crippen molar-refractivity contribution in [3.8, 4) is 0 Å². The van der Waals surface area contributed by atoms with Crippen molar-refractivity contribution in [3.63, 3.8) is 0 Å². The molecule has 1 atom stereocenters. The maximum atomic E-state index is 13.5. The Balaban J connectivity index is 1.73. The fraction of sp³-hybridized carbons (Fsp3) is 0.278. The van der Waals surface area contributed by atoms with E-state index in [2.05, 4.69) is 10.0 Å². The first-order chi connectivity index (χ1) is 15.0. The summed E-state index contributed by atoms with van der Waals surface area (Å²) in [6.07, 6.45) is -1.66. The average Bonchev–Trinajstić information content (AvgIpc) is 3.28. The van der Waals surface area contributed by atoms with E-state index in [0.29, 0.717) is 6.07 Å². The molecule has 0 fully saturated rings. The Morgan fingerprint density at radius 3 is 2.50 bits per heavy atom. The molecule has 0 radical (unpaired) electrons. The second-order valence-corrected chi connectivity index (χ2v) is 9.14. The Morgan fingerprint density at radius 2 is 1.84 bits per heavy atom. The highest BCUT2D eigenvalue weighted by molar-refractivity contribution is 7.91. The molecule has 0 saturated carbocycles. The third kappa shape index (κ3) is 7.03. The lowest BCUT2D eigenvalue weighted by Gasteiger charge is -2.14. The highest BCUT2D eigenvalue weighted by Gasteiger charge is 2.21. The predicted molar refractivity (Wildman–Crippen MR) is 108 cm³/mol. The number of sulfonamides is 1. The number of ether oxygens (including phenoxy) is 1. The minimum absolute atomic E-state index is 0.0835. The van der Waals surface area contributed by atoms with Crippen LogP contribution in [0, 0.1) is 17.5 Å². The topological polar surface area (TPSA) is 131 Å². The van der Waals surface area contributed by atoms with Crippen LogP contribution in [0.3, 0.4) is 0 Å². The van der Waals surface area contributed by atoms with Gasteiger partial charge < -0.3 is 15.4 Å². The quantitative estimate of drug-likeness (QED) is 0.340. The number of esters is 1. The molecule has 0 saturated heterocycles. The molecule has 0 bridgehead atoms. The number of amides is 2. The van der Waals surface area contributed by atoms with Crippen molar-refractivity contribution >= 4 is 44.8 Å². The van der Waals surface area contributed by atoms with Crippen molar-refractivity contribution in [1.29, 1.82) is 0 Å². The lowest BCUT2D eigenvalue weighted by Crippen LogP contribution is -2.40. The third-order valence-corrected chi connectivity index (χ3v) is 6.65. The van der Waals surface area contributed by atoms with Gasteiger partial charge in [-0.05, 0) is 30.5 Å². The predicted octanol–water partition coefficient (Wildman–Crippen LogP) is 1.52. The molecular formula is C18H18F3N3O6S2. The van der Waals surface area contributed by atoms with Gasteiger partial charge in [-0.15, -0.1) is 11.3 Å². The largest absolute Gasteiger partial charge is 0.453 e. The van der Waals surface area contributed by atoms with Gasteiger partial charge in [0.1, 0.15) is 4.21 Å². The highest BCUT2D eigenvalue weighted by Crippen LogP contribution is 2.19. The van der Waals surface area contributed by atoms with Crippen LogP contribution in [-0.2, 0) is 29.1 Å². The molecule has 0 aliphatic rings. The summed E-state index contributed by atoms with van der Waals surface area (Å²) < 4.78 is 70.6. The van der Waals surface area contributed by atoms with E-state index >= 15 is 0 Å². The fourth-order valence-electron chi connectivity index (χ4n) is 2.21. The lowest BCUT2D eigenvalue weighted by atomic mass is 10.2. The lowest BCUT2D eigenvalue weighted by molar-refractivity contribution is -0.154. The van der Waals surface area contributed by atoms with Crippen molar-refractivity contribution in [1.82, 2.24) is 10.0 Å². The number of benzene rings is 1. The van der Waals surface area contributed by atoms with Gasteiger partial charge in [-0.1, -0.05) is 6.07 Å². The Labute approximate surface area is 185 Å². The SMILES string of the molecule is CC(OC(=O)CCNS(=O)(=O)c1cccs1)C(=O)NCC(=O)Nc1ccc(F)c(F)c1F. The second-order valence-electron chi connectivity index (χ2n) is 6.20. The third-order valence-electron chi connectivity index (χ3n) is 3.79. The smallest absolute Gasteiger partial charge is 0.307 e. The van der Waals surface area contributed by atoms with Crippen molar-refractivity contribution in [2.24, 2.45) is 0 Å². The number of anilines is 1. The summed E-state index contributed by atoms with van der Waals surface area (Å²) in [5.74, 6) is -7.45. The Bertz CT molecular complexity index is 1090. The molecule has 1 aromatic carbocycles. The first kappa shape index (κ1) is 25.3. The Hall–Kier alpha value is -2.97. The van der Waals surface area contributed by atoms with Crippen molar-refractivity contribution < 1.29 is 40.7 Å². The maximum Gasteiger partial charge on any atom is 0.307 e. The van der Waals surface area contributed by atoms with Crippen LogP contribution in [-0.4, -0.2) is 45.4 Å². The molecule has 1 heterocycles. The molecular weight excluding hydrogens is 475 g/mol. The summed E-state index contributed by atoms with van der Waals surface area (Å²) in [6.45, 7) is 0.297. The molecule has 0 spiro atoms. The van der Waals surface area contributed by atoms with Crippen LogP contribution < -0.4 is 15.4 Å². The van der Waals surface area contributed by atoms with Gasteiger partial charge in [0.05, 0.1) is 18.7 Å². The molecule has 0 aliphatic carbocycles. The van der Waals surface area contributed by atoms with E-state index in [0.717, 1.165) is 17.4 Å². The molecule has 32 heavy (non-hydrogen) atoms. The minimum Gasteiger partial charge on any atom is -0.453 e. The van der Waals surface area contributed by atoms with Crippen LogP contribution in [0.4, 0.5) is 18.9 Å². The molecule has 2 aromatic rings. The maximum absolute atomic E-state index is 13.5. The van der Waals surface area contributed by atoms with Crippen LogP contribution in [0.15, 0.2) is 33.9 Å². The van der Waals surface area contributed by atoms with Gasteiger partial charge in [0.25, 0.3) is 5.91 Å². The normalized spacial score (nSPS) is 12.1. The number of thiophene rings is 1. The van der Waals surface area contributed by atoms with Crippen LogP contribution >= 0.6 is 11.3 Å². The van der Waals surface area contributed by atoms with E-state index in [1.807, 2.05) is 5.32 Å². The van der Waals surface area contributed by atoms with Gasteiger partial charge in [-0.25, -0.2) is 26.3 Å². The van der Waals surface area contributed by atoms with E-state index in [1.165, 1.54) is 13.0 Å². The molecule has 3 N–H and O–H groups in total. The van der Waals surface area contributed by atoms with E-state index < -0.39 is 63.6 Å². The number of carbonyl (C=O) groups excluding carboxylic acids is 3. The monoisotopic (exact) mass is 493 g/mol. The molecule has 2 rings (SSSR count). The molecule has 9 nitrogen and oxygen atoms in total. The summed E-state index contributed by atoms with van der Waals surface area (Å²) in [7, 11) is -3.74. The Kier molecular flexibility index (Phi) is 8.74. The van der Waals surface area contributed by atoms with Gasteiger partial charge in [0.2, 0.25) is 15.9 Å². The summed E-state index contributed by atoms with van der Waals surface area (Å²) in [5.41, 5.74) is -0.618. The van der Waals surface area contributed by atoms with Crippen LogP contribution in [0.25, 0.3) is 0 Å². The zero-order valence-corrected chi connectivity index (χ0v) is 18.1. The number of rotatable bonds is 10. The number of hydrogen-bond donors (Lipinski definition) is 3. The van der Waals surface area contributed by atoms with Crippen LogP contribution in [0.5, 0.6) is 0 Å². The highest BCUT2D eigenvalue weighted by atomic mass is 32.2. The van der Waals surface area contributed by atoms with Gasteiger partial charge >= 0.3 is 5.97 Å². The molecule has 1 aromatic heterocycles. The van der Waals surface area contributed by atoms with Gasteiger partial charge in [-0.3, -0.25) is 14.4 Å². The first-order valence-corrected chi connectivity index (χ1v) is 11.3. The summed E-state index contributed by atoms with van der Waals surface area (Å²) in [4.78, 5) is 35.5. The molecule has 174 valence electrons. The Morgan fingerprint density at radius 1 is 1.12 bits per heavy atom. The summed E-state index contributed by atoms with van der Waals surface area (Å²) in [5, 5.41) is 5.66. The van der Waals surface area contributed by atoms with Crippen molar-refractivity contribution in [2.45, 2.75) is 23.7 Å². The standard InChI is InChI=1S/C18H18F3N3O6S2/c1-10(30-14(26)6-7-23-32(28,29)15-3-2-8-31-15)18(27)22-9-13(25)24-12-5-4-11(19)16(20)17(12)21/h2-5,8,10,23H,6-7,9H2,1H3,(H,22,27)(H,24,25). The van der Waals surface area contributed by atoms with E-state index in [1.54, 1.807) is 11.4 Å². The van der Waals surface area contributed by atoms with E-state index in [9.17, 15) is 36.0 Å². The zero-order valence-electron chi connectivity index (χ0n) is 16.5. The first-order valence-electron chi connectivity index (χ1n) is 8.95.